The van der Waals surface area contributed by atoms with Crippen LogP contribution < -0.4 is 5.32 Å². The highest BCUT2D eigenvalue weighted by Crippen LogP contribution is 2.26. The van der Waals surface area contributed by atoms with Gasteiger partial charge in [-0.05, 0) is 36.8 Å². The van der Waals surface area contributed by atoms with E-state index in [9.17, 15) is 24.0 Å². The average molecular weight is 470 g/mol. The summed E-state index contributed by atoms with van der Waals surface area (Å²) in [4.78, 5) is 63.9. The van der Waals surface area contributed by atoms with Gasteiger partial charge < -0.3 is 10.1 Å². The Kier molecular flexibility index (Phi) is 6.82. The van der Waals surface area contributed by atoms with Crippen molar-refractivity contribution in [2.75, 3.05) is 11.9 Å². The molecule has 3 amide bonds. The van der Waals surface area contributed by atoms with E-state index in [-0.39, 0.29) is 23.3 Å². The molecule has 1 unspecified atom stereocenters. The molecule has 3 aromatic rings. The third-order valence-electron chi connectivity index (χ3n) is 5.58. The Morgan fingerprint density at radius 1 is 0.857 bits per heavy atom. The van der Waals surface area contributed by atoms with Crippen LogP contribution in [0.2, 0.25) is 0 Å². The number of carbonyl (C=O) groups excluding carboxylic acids is 5. The molecule has 8 heteroatoms. The van der Waals surface area contributed by atoms with Gasteiger partial charge in [-0.25, -0.2) is 4.79 Å². The lowest BCUT2D eigenvalue weighted by atomic mass is 10.0. The quantitative estimate of drug-likeness (QED) is 0.307. The number of imide groups is 1. The van der Waals surface area contributed by atoms with Gasteiger partial charge in [-0.3, -0.25) is 24.1 Å². The van der Waals surface area contributed by atoms with Gasteiger partial charge in [-0.15, -0.1) is 0 Å². The van der Waals surface area contributed by atoms with Crippen LogP contribution in [0.4, 0.5) is 5.69 Å². The van der Waals surface area contributed by atoms with Crippen molar-refractivity contribution in [2.24, 2.45) is 0 Å². The van der Waals surface area contributed by atoms with E-state index in [4.69, 9.17) is 4.74 Å². The molecule has 1 aliphatic heterocycles. The molecule has 0 saturated carbocycles. The molecule has 1 N–H and O–H groups in total. The number of nitrogens with zero attached hydrogens (tertiary/aromatic N) is 1. The first-order chi connectivity index (χ1) is 16.8. The first-order valence-corrected chi connectivity index (χ1v) is 10.9. The van der Waals surface area contributed by atoms with Gasteiger partial charge in [0.05, 0.1) is 11.1 Å². The molecule has 0 radical (unpaired) electrons. The standard InChI is InChI=1S/C27H22N2O6/c1-17(30)19-10-7-11-20(15-19)28-24(31)16-35-27(34)23(14-18-8-3-2-4-9-18)29-25(32)21-12-5-6-13-22(21)26(29)33/h2-13,15,23H,14,16H2,1H3,(H,28,31). The Labute approximate surface area is 201 Å². The lowest BCUT2D eigenvalue weighted by Crippen LogP contribution is -2.47. The van der Waals surface area contributed by atoms with Gasteiger partial charge in [0.1, 0.15) is 6.04 Å². The molecule has 3 aromatic carbocycles. The normalized spacial score (nSPS) is 13.2. The number of ketones is 1. The van der Waals surface area contributed by atoms with Gasteiger partial charge >= 0.3 is 5.97 Å². The summed E-state index contributed by atoms with van der Waals surface area (Å²) in [6.07, 6.45) is 0.0351. The van der Waals surface area contributed by atoms with Crippen LogP contribution in [-0.2, 0) is 20.7 Å². The third-order valence-corrected chi connectivity index (χ3v) is 5.58. The lowest BCUT2D eigenvalue weighted by Gasteiger charge is -2.24. The Hall–Kier alpha value is -4.59. The van der Waals surface area contributed by atoms with Gasteiger partial charge in [-0.1, -0.05) is 54.6 Å². The number of esters is 1. The molecule has 1 aliphatic rings. The monoisotopic (exact) mass is 470 g/mol. The summed E-state index contributed by atoms with van der Waals surface area (Å²) >= 11 is 0. The van der Waals surface area contributed by atoms with E-state index in [1.54, 1.807) is 54.6 Å². The number of ether oxygens (including phenoxy) is 1. The Morgan fingerprint density at radius 2 is 1.49 bits per heavy atom. The molecule has 35 heavy (non-hydrogen) atoms. The number of fused-ring (bicyclic) bond motifs is 1. The minimum absolute atomic E-state index is 0.0351. The molecule has 176 valence electrons. The van der Waals surface area contributed by atoms with Crippen molar-refractivity contribution in [1.82, 2.24) is 4.90 Å². The van der Waals surface area contributed by atoms with Crippen molar-refractivity contribution >= 4 is 35.2 Å². The maximum Gasteiger partial charge on any atom is 0.330 e. The van der Waals surface area contributed by atoms with Crippen LogP contribution in [0.15, 0.2) is 78.9 Å². The predicted octanol–water partition coefficient (Wildman–Crippen LogP) is 3.28. The van der Waals surface area contributed by atoms with Crippen LogP contribution in [0.3, 0.4) is 0 Å². The van der Waals surface area contributed by atoms with E-state index in [2.05, 4.69) is 5.32 Å². The molecule has 4 rings (SSSR count). The summed E-state index contributed by atoms with van der Waals surface area (Å²) in [6, 6.07) is 20.4. The number of benzene rings is 3. The molecule has 1 atom stereocenters. The van der Waals surface area contributed by atoms with Gasteiger partial charge in [0.2, 0.25) is 0 Å². The van der Waals surface area contributed by atoms with Crippen molar-refractivity contribution in [3.8, 4) is 0 Å². The summed E-state index contributed by atoms with van der Waals surface area (Å²) in [6.45, 7) is 0.784. The number of amides is 3. The highest BCUT2D eigenvalue weighted by molar-refractivity contribution is 6.22. The van der Waals surface area contributed by atoms with Gasteiger partial charge in [-0.2, -0.15) is 0 Å². The summed E-state index contributed by atoms with van der Waals surface area (Å²) in [7, 11) is 0. The maximum atomic E-state index is 13.1. The zero-order valence-corrected chi connectivity index (χ0v) is 18.9. The molecule has 0 saturated heterocycles. The van der Waals surface area contributed by atoms with Crippen LogP contribution in [0.1, 0.15) is 43.6 Å². The van der Waals surface area contributed by atoms with E-state index >= 15 is 0 Å². The molecule has 0 fully saturated rings. The fourth-order valence-corrected chi connectivity index (χ4v) is 3.85. The number of carbonyl (C=O) groups is 5. The number of rotatable bonds is 8. The molecule has 0 aliphatic carbocycles. The second-order valence-electron chi connectivity index (χ2n) is 8.02. The van der Waals surface area contributed by atoms with E-state index in [0.29, 0.717) is 11.3 Å². The van der Waals surface area contributed by atoms with Gasteiger partial charge in [0.25, 0.3) is 17.7 Å². The van der Waals surface area contributed by atoms with Crippen LogP contribution in [0, 0.1) is 0 Å². The van der Waals surface area contributed by atoms with E-state index in [1.165, 1.54) is 25.1 Å². The Morgan fingerprint density at radius 3 is 2.11 bits per heavy atom. The largest absolute Gasteiger partial charge is 0.454 e. The number of anilines is 1. The second kappa shape index (κ2) is 10.1. The summed E-state index contributed by atoms with van der Waals surface area (Å²) in [5.41, 5.74) is 1.95. The zero-order valence-electron chi connectivity index (χ0n) is 18.9. The molecule has 0 bridgehead atoms. The van der Waals surface area contributed by atoms with Crippen molar-refractivity contribution < 1.29 is 28.7 Å². The highest BCUT2D eigenvalue weighted by atomic mass is 16.5. The molecule has 1 heterocycles. The van der Waals surface area contributed by atoms with Crippen molar-refractivity contribution in [3.05, 3.63) is 101 Å². The minimum atomic E-state index is -1.25. The van der Waals surface area contributed by atoms with E-state index in [1.807, 2.05) is 6.07 Å². The second-order valence-corrected chi connectivity index (χ2v) is 8.02. The summed E-state index contributed by atoms with van der Waals surface area (Å²) < 4.78 is 5.23. The van der Waals surface area contributed by atoms with Gasteiger partial charge in [0.15, 0.2) is 12.4 Å². The molecular formula is C27H22N2O6. The number of nitrogens with one attached hydrogen (secondary N) is 1. The number of hydrogen-bond donors (Lipinski definition) is 1. The molecule has 0 spiro atoms. The van der Waals surface area contributed by atoms with Crippen molar-refractivity contribution in [3.63, 3.8) is 0 Å². The maximum absolute atomic E-state index is 13.1. The minimum Gasteiger partial charge on any atom is -0.454 e. The third kappa shape index (κ3) is 5.16. The molecule has 8 nitrogen and oxygen atoms in total. The van der Waals surface area contributed by atoms with Crippen molar-refractivity contribution in [2.45, 2.75) is 19.4 Å². The SMILES string of the molecule is CC(=O)c1cccc(NC(=O)COC(=O)C(Cc2ccccc2)N2C(=O)c3ccccc3C2=O)c1. The average Bonchev–Trinajstić information content (AvgIpc) is 3.11. The lowest BCUT2D eigenvalue weighted by molar-refractivity contribution is -0.151. The van der Waals surface area contributed by atoms with Crippen LogP contribution in [0.25, 0.3) is 0 Å². The van der Waals surface area contributed by atoms with E-state index in [0.717, 1.165) is 10.5 Å². The summed E-state index contributed by atoms with van der Waals surface area (Å²) in [5, 5.41) is 2.57. The molecular weight excluding hydrogens is 448 g/mol. The first kappa shape index (κ1) is 23.6. The van der Waals surface area contributed by atoms with E-state index < -0.39 is 36.3 Å². The fourth-order valence-electron chi connectivity index (χ4n) is 3.85. The predicted molar refractivity (Wildman–Crippen MR) is 127 cm³/mol. The topological polar surface area (TPSA) is 110 Å². The summed E-state index contributed by atoms with van der Waals surface area (Å²) in [5.74, 6) is -2.84. The van der Waals surface area contributed by atoms with Crippen LogP contribution in [0.5, 0.6) is 0 Å². The Bertz CT molecular complexity index is 1280. The van der Waals surface area contributed by atoms with Crippen LogP contribution in [-0.4, -0.2) is 47.0 Å². The smallest absolute Gasteiger partial charge is 0.330 e. The zero-order chi connectivity index (χ0) is 24.9. The molecule has 0 aromatic heterocycles. The number of Topliss-reactive ketones (excluding diaryl/α,β-unsaturated/α-hetero) is 1. The van der Waals surface area contributed by atoms with Crippen LogP contribution >= 0.6 is 0 Å². The fraction of sp³-hybridized carbons (Fsp3) is 0.148. The number of hydrogen-bond acceptors (Lipinski definition) is 6. The van der Waals surface area contributed by atoms with Gasteiger partial charge in [0, 0.05) is 17.7 Å². The highest BCUT2D eigenvalue weighted by Gasteiger charge is 2.43. The van der Waals surface area contributed by atoms with Crippen molar-refractivity contribution in [1.29, 1.82) is 0 Å². The Balaban J connectivity index is 1.50. The first-order valence-electron chi connectivity index (χ1n) is 10.9.